The Bertz CT molecular complexity index is 743. The van der Waals surface area contributed by atoms with Crippen LogP contribution < -0.4 is 5.32 Å². The van der Waals surface area contributed by atoms with Crippen LogP contribution in [0.2, 0.25) is 0 Å². The third-order valence-corrected chi connectivity index (χ3v) is 3.90. The Balaban J connectivity index is 1.57. The quantitative estimate of drug-likeness (QED) is 0.786. The molecule has 0 spiro atoms. The molecule has 22 heavy (non-hydrogen) atoms. The van der Waals surface area contributed by atoms with Gasteiger partial charge in [-0.3, -0.25) is 14.8 Å². The highest BCUT2D eigenvalue weighted by Gasteiger charge is 2.09. The number of rotatable bonds is 5. The van der Waals surface area contributed by atoms with E-state index in [2.05, 4.69) is 20.3 Å². The van der Waals surface area contributed by atoms with Crippen LogP contribution in [0.25, 0.3) is 10.7 Å². The lowest BCUT2D eigenvalue weighted by Gasteiger charge is -2.03. The van der Waals surface area contributed by atoms with Gasteiger partial charge in [0, 0.05) is 30.5 Å². The number of thiazole rings is 1. The van der Waals surface area contributed by atoms with Gasteiger partial charge >= 0.3 is 0 Å². The molecule has 3 rings (SSSR count). The molecule has 0 aliphatic carbocycles. The maximum atomic E-state index is 11.9. The minimum atomic E-state index is -0.0540. The summed E-state index contributed by atoms with van der Waals surface area (Å²) in [6.07, 6.45) is 5.45. The summed E-state index contributed by atoms with van der Waals surface area (Å²) in [6.45, 7) is 0.476. The van der Waals surface area contributed by atoms with Gasteiger partial charge in [0.1, 0.15) is 5.01 Å². The van der Waals surface area contributed by atoms with Crippen molar-refractivity contribution in [2.75, 3.05) is 0 Å². The van der Waals surface area contributed by atoms with Gasteiger partial charge in [0.05, 0.1) is 17.8 Å². The van der Waals surface area contributed by atoms with Crippen molar-refractivity contribution in [3.8, 4) is 10.7 Å². The highest BCUT2D eigenvalue weighted by molar-refractivity contribution is 7.13. The van der Waals surface area contributed by atoms with Crippen LogP contribution in [0.3, 0.4) is 0 Å². The maximum Gasteiger partial charge on any atom is 0.226 e. The predicted octanol–water partition coefficient (Wildman–Crippen LogP) is 2.46. The van der Waals surface area contributed by atoms with Crippen molar-refractivity contribution in [1.29, 1.82) is 0 Å². The smallest absolute Gasteiger partial charge is 0.226 e. The molecule has 0 aromatic carbocycles. The standard InChI is InChI=1S/C16H14N4OS/c21-15(19-10-12-4-3-6-17-9-12)8-13-11-22-16(20-13)14-5-1-2-7-18-14/h1-7,9,11H,8,10H2,(H,19,21). The van der Waals surface area contributed by atoms with Gasteiger partial charge in [-0.1, -0.05) is 12.1 Å². The summed E-state index contributed by atoms with van der Waals surface area (Å²) in [7, 11) is 0. The molecule has 0 saturated heterocycles. The monoisotopic (exact) mass is 310 g/mol. The van der Waals surface area contributed by atoms with Crippen LogP contribution in [0.5, 0.6) is 0 Å². The van der Waals surface area contributed by atoms with Crippen LogP contribution in [0.15, 0.2) is 54.3 Å². The molecule has 1 N–H and O–H groups in total. The molecular formula is C16H14N4OS. The fourth-order valence-corrected chi connectivity index (χ4v) is 2.72. The third-order valence-electron chi connectivity index (χ3n) is 2.99. The first-order valence-corrected chi connectivity index (χ1v) is 7.70. The molecule has 6 heteroatoms. The molecule has 0 saturated carbocycles. The lowest BCUT2D eigenvalue weighted by Crippen LogP contribution is -2.24. The lowest BCUT2D eigenvalue weighted by molar-refractivity contribution is -0.120. The Morgan fingerprint density at radius 1 is 1.18 bits per heavy atom. The Morgan fingerprint density at radius 3 is 2.91 bits per heavy atom. The van der Waals surface area contributed by atoms with E-state index in [9.17, 15) is 4.79 Å². The van der Waals surface area contributed by atoms with Crippen LogP contribution in [0, 0.1) is 0 Å². The van der Waals surface area contributed by atoms with Crippen molar-refractivity contribution in [2.45, 2.75) is 13.0 Å². The van der Waals surface area contributed by atoms with Crippen molar-refractivity contribution < 1.29 is 4.79 Å². The molecule has 3 aromatic heterocycles. The van der Waals surface area contributed by atoms with Crippen molar-refractivity contribution in [3.63, 3.8) is 0 Å². The number of nitrogens with one attached hydrogen (secondary N) is 1. The minimum absolute atomic E-state index is 0.0540. The zero-order chi connectivity index (χ0) is 15.2. The SMILES string of the molecule is O=C(Cc1csc(-c2ccccn2)n1)NCc1cccnc1. The molecule has 0 radical (unpaired) electrons. The largest absolute Gasteiger partial charge is 0.352 e. The van der Waals surface area contributed by atoms with E-state index in [0.717, 1.165) is 22.0 Å². The fourth-order valence-electron chi connectivity index (χ4n) is 1.93. The maximum absolute atomic E-state index is 11.9. The normalized spacial score (nSPS) is 10.4. The summed E-state index contributed by atoms with van der Waals surface area (Å²) in [5, 5.41) is 5.59. The number of carbonyl (C=O) groups excluding carboxylic acids is 1. The second kappa shape index (κ2) is 6.91. The predicted molar refractivity (Wildman–Crippen MR) is 85.1 cm³/mol. The lowest BCUT2D eigenvalue weighted by atomic mass is 10.2. The van der Waals surface area contributed by atoms with Crippen LogP contribution in [0.4, 0.5) is 0 Å². The van der Waals surface area contributed by atoms with Crippen LogP contribution in [-0.2, 0) is 17.8 Å². The van der Waals surface area contributed by atoms with Gasteiger partial charge in [-0.05, 0) is 23.8 Å². The fraction of sp³-hybridized carbons (Fsp3) is 0.125. The topological polar surface area (TPSA) is 67.8 Å². The first kappa shape index (κ1) is 14.3. The molecule has 0 atom stereocenters. The van der Waals surface area contributed by atoms with Crippen molar-refractivity contribution >= 4 is 17.2 Å². The highest BCUT2D eigenvalue weighted by atomic mass is 32.1. The molecule has 0 bridgehead atoms. The first-order chi connectivity index (χ1) is 10.8. The Morgan fingerprint density at radius 2 is 2.14 bits per heavy atom. The molecule has 1 amide bonds. The number of hydrogen-bond donors (Lipinski definition) is 1. The second-order valence-electron chi connectivity index (χ2n) is 4.67. The molecule has 0 aliphatic rings. The number of aromatic nitrogens is 3. The molecule has 3 heterocycles. The number of pyridine rings is 2. The summed E-state index contributed by atoms with van der Waals surface area (Å²) >= 11 is 1.50. The summed E-state index contributed by atoms with van der Waals surface area (Å²) in [6, 6.07) is 9.47. The Hall–Kier alpha value is -2.60. The molecule has 0 aliphatic heterocycles. The van der Waals surface area contributed by atoms with Gasteiger partial charge in [-0.2, -0.15) is 0 Å². The summed E-state index contributed by atoms with van der Waals surface area (Å²) in [5.41, 5.74) is 2.56. The molecule has 5 nitrogen and oxygen atoms in total. The van der Waals surface area contributed by atoms with Crippen molar-refractivity contribution in [2.24, 2.45) is 0 Å². The van der Waals surface area contributed by atoms with E-state index in [-0.39, 0.29) is 12.3 Å². The van der Waals surface area contributed by atoms with Crippen LogP contribution in [0.1, 0.15) is 11.3 Å². The van der Waals surface area contributed by atoms with Gasteiger partial charge in [0.2, 0.25) is 5.91 Å². The van der Waals surface area contributed by atoms with Gasteiger partial charge in [0.15, 0.2) is 0 Å². The van der Waals surface area contributed by atoms with Crippen LogP contribution >= 0.6 is 11.3 Å². The van der Waals surface area contributed by atoms with Gasteiger partial charge in [-0.25, -0.2) is 4.98 Å². The first-order valence-electron chi connectivity index (χ1n) is 6.82. The zero-order valence-corrected chi connectivity index (χ0v) is 12.6. The van der Waals surface area contributed by atoms with Gasteiger partial charge in [-0.15, -0.1) is 11.3 Å². The molecular weight excluding hydrogens is 296 g/mol. The van der Waals surface area contributed by atoms with E-state index in [4.69, 9.17) is 0 Å². The second-order valence-corrected chi connectivity index (χ2v) is 5.53. The third kappa shape index (κ3) is 3.73. The van der Waals surface area contributed by atoms with Crippen LogP contribution in [-0.4, -0.2) is 20.9 Å². The van der Waals surface area contributed by atoms with E-state index in [1.54, 1.807) is 18.6 Å². The van der Waals surface area contributed by atoms with Gasteiger partial charge < -0.3 is 5.32 Å². The molecule has 110 valence electrons. The number of amides is 1. The zero-order valence-electron chi connectivity index (χ0n) is 11.8. The molecule has 0 fully saturated rings. The Kier molecular flexibility index (Phi) is 4.50. The number of hydrogen-bond acceptors (Lipinski definition) is 5. The highest BCUT2D eigenvalue weighted by Crippen LogP contribution is 2.21. The number of carbonyl (C=O) groups is 1. The average molecular weight is 310 g/mol. The van der Waals surface area contributed by atoms with E-state index in [0.29, 0.717) is 6.54 Å². The van der Waals surface area contributed by atoms with E-state index in [1.165, 1.54) is 11.3 Å². The van der Waals surface area contributed by atoms with Crippen molar-refractivity contribution in [1.82, 2.24) is 20.3 Å². The van der Waals surface area contributed by atoms with E-state index in [1.807, 2.05) is 35.7 Å². The summed E-state index contributed by atoms with van der Waals surface area (Å²) < 4.78 is 0. The Labute approximate surface area is 132 Å². The van der Waals surface area contributed by atoms with E-state index < -0.39 is 0 Å². The van der Waals surface area contributed by atoms with Crippen molar-refractivity contribution in [3.05, 3.63) is 65.6 Å². The van der Waals surface area contributed by atoms with E-state index >= 15 is 0 Å². The summed E-state index contributed by atoms with van der Waals surface area (Å²) in [5.74, 6) is -0.0540. The minimum Gasteiger partial charge on any atom is -0.352 e. The van der Waals surface area contributed by atoms with Gasteiger partial charge in [0.25, 0.3) is 0 Å². The summed E-state index contributed by atoms with van der Waals surface area (Å²) in [4.78, 5) is 24.7. The average Bonchev–Trinajstić information content (AvgIpc) is 3.03. The number of nitrogens with zero attached hydrogens (tertiary/aromatic N) is 3. The molecule has 3 aromatic rings. The molecule has 0 unspecified atom stereocenters.